The fourth-order valence-corrected chi connectivity index (χ4v) is 3.34. The van der Waals surface area contributed by atoms with E-state index in [1.54, 1.807) is 0 Å². The van der Waals surface area contributed by atoms with Gasteiger partial charge in [0.2, 0.25) is 0 Å². The van der Waals surface area contributed by atoms with Gasteiger partial charge in [-0.15, -0.1) is 11.8 Å². The third-order valence-electron chi connectivity index (χ3n) is 3.57. The van der Waals surface area contributed by atoms with E-state index in [0.717, 1.165) is 22.2 Å². The molecule has 0 amide bonds. The van der Waals surface area contributed by atoms with Crippen molar-refractivity contribution >= 4 is 22.7 Å². The Morgan fingerprint density at radius 2 is 1.95 bits per heavy atom. The number of hydrogen-bond donors (Lipinski definition) is 1. The van der Waals surface area contributed by atoms with Gasteiger partial charge in [-0.25, -0.2) is 0 Å². The third kappa shape index (κ3) is 3.26. The lowest BCUT2D eigenvalue weighted by Gasteiger charge is -2.13. The second-order valence-corrected chi connectivity index (χ2v) is 6.20. The van der Waals surface area contributed by atoms with E-state index in [1.165, 1.54) is 10.5 Å². The lowest BCUT2D eigenvalue weighted by atomic mass is 10.1. The van der Waals surface area contributed by atoms with Gasteiger partial charge in [0.15, 0.2) is 0 Å². The van der Waals surface area contributed by atoms with Crippen molar-refractivity contribution < 1.29 is 0 Å². The van der Waals surface area contributed by atoms with Crippen LogP contribution in [-0.2, 0) is 0 Å². The second-order valence-electron chi connectivity index (χ2n) is 5.14. The van der Waals surface area contributed by atoms with Crippen molar-refractivity contribution in [3.05, 3.63) is 71.9 Å². The van der Waals surface area contributed by atoms with Gasteiger partial charge in [-0.05, 0) is 42.3 Å². The number of fused-ring (bicyclic) bond motifs is 1. The van der Waals surface area contributed by atoms with Gasteiger partial charge in [0.25, 0.3) is 0 Å². The Bertz CT molecular complexity index is 755. The molecule has 1 aromatic heterocycles. The number of pyridine rings is 1. The van der Waals surface area contributed by atoms with E-state index in [9.17, 15) is 0 Å². The molecule has 0 bridgehead atoms. The Kier molecular flexibility index (Phi) is 4.23. The summed E-state index contributed by atoms with van der Waals surface area (Å²) in [5.74, 6) is 0.872. The average molecular weight is 294 g/mol. The van der Waals surface area contributed by atoms with Crippen LogP contribution < -0.4 is 5.73 Å². The van der Waals surface area contributed by atoms with Crippen molar-refractivity contribution in [2.24, 2.45) is 5.73 Å². The van der Waals surface area contributed by atoms with Crippen LogP contribution in [0.1, 0.15) is 17.2 Å². The fourth-order valence-electron chi connectivity index (χ4n) is 2.32. The summed E-state index contributed by atoms with van der Waals surface area (Å²) >= 11 is 1.81. The zero-order valence-corrected chi connectivity index (χ0v) is 12.8. The van der Waals surface area contributed by atoms with E-state index in [0.29, 0.717) is 0 Å². The molecule has 0 spiro atoms. The second kappa shape index (κ2) is 6.29. The molecule has 1 atom stereocenters. The summed E-state index contributed by atoms with van der Waals surface area (Å²) in [4.78, 5) is 5.64. The van der Waals surface area contributed by atoms with Crippen molar-refractivity contribution in [3.63, 3.8) is 0 Å². The molecule has 21 heavy (non-hydrogen) atoms. The van der Waals surface area contributed by atoms with Gasteiger partial charge < -0.3 is 5.73 Å². The highest BCUT2D eigenvalue weighted by Crippen LogP contribution is 2.27. The van der Waals surface area contributed by atoms with Gasteiger partial charge in [0.1, 0.15) is 0 Å². The fraction of sp³-hybridized carbons (Fsp3) is 0.167. The molecule has 2 N–H and O–H groups in total. The van der Waals surface area contributed by atoms with Crippen molar-refractivity contribution in [2.45, 2.75) is 17.9 Å². The molecule has 3 aromatic rings. The molecular formula is C18H18N2S. The molecule has 1 unspecified atom stereocenters. The maximum atomic E-state index is 6.34. The zero-order chi connectivity index (χ0) is 14.7. The van der Waals surface area contributed by atoms with Gasteiger partial charge in [-0.3, -0.25) is 4.98 Å². The normalized spacial score (nSPS) is 12.5. The minimum Gasteiger partial charge on any atom is -0.323 e. The maximum absolute atomic E-state index is 6.34. The number of aromatic nitrogens is 1. The molecular weight excluding hydrogens is 276 g/mol. The third-order valence-corrected chi connectivity index (χ3v) is 4.86. The monoisotopic (exact) mass is 294 g/mol. The van der Waals surface area contributed by atoms with Gasteiger partial charge in [0.05, 0.1) is 5.52 Å². The minimum absolute atomic E-state index is 0.0270. The first-order valence-corrected chi connectivity index (χ1v) is 8.01. The Balaban J connectivity index is 1.75. The lowest BCUT2D eigenvalue weighted by molar-refractivity contribution is 0.832. The number of nitrogens with two attached hydrogens (primary N) is 1. The minimum atomic E-state index is 0.0270. The first-order chi connectivity index (χ1) is 10.2. The SMILES string of the molecule is Cc1ccccc1SCC(N)c1ccc2ncccc2c1. The summed E-state index contributed by atoms with van der Waals surface area (Å²) in [6, 6.07) is 18.8. The molecule has 0 radical (unpaired) electrons. The van der Waals surface area contributed by atoms with Crippen LogP contribution in [0.2, 0.25) is 0 Å². The summed E-state index contributed by atoms with van der Waals surface area (Å²) in [7, 11) is 0. The molecule has 0 saturated carbocycles. The molecule has 3 rings (SSSR count). The first kappa shape index (κ1) is 14.1. The van der Waals surface area contributed by atoms with E-state index in [2.05, 4.69) is 54.4 Å². The summed E-state index contributed by atoms with van der Waals surface area (Å²) in [5, 5.41) is 1.14. The van der Waals surface area contributed by atoms with Gasteiger partial charge in [0, 0.05) is 28.3 Å². The Morgan fingerprint density at radius 1 is 1.10 bits per heavy atom. The molecule has 106 valence electrons. The number of rotatable bonds is 4. The van der Waals surface area contributed by atoms with E-state index in [-0.39, 0.29) is 6.04 Å². The van der Waals surface area contributed by atoms with E-state index in [4.69, 9.17) is 5.73 Å². The number of thioether (sulfide) groups is 1. The Labute approximate surface area is 129 Å². The van der Waals surface area contributed by atoms with Crippen molar-refractivity contribution in [1.82, 2.24) is 4.98 Å². The largest absolute Gasteiger partial charge is 0.323 e. The highest BCUT2D eigenvalue weighted by atomic mass is 32.2. The molecule has 0 aliphatic heterocycles. The summed E-state index contributed by atoms with van der Waals surface area (Å²) < 4.78 is 0. The van der Waals surface area contributed by atoms with E-state index < -0.39 is 0 Å². The van der Waals surface area contributed by atoms with Crippen LogP contribution in [0.3, 0.4) is 0 Å². The van der Waals surface area contributed by atoms with E-state index in [1.807, 2.05) is 30.1 Å². The molecule has 3 heteroatoms. The highest BCUT2D eigenvalue weighted by molar-refractivity contribution is 7.99. The van der Waals surface area contributed by atoms with Crippen LogP contribution in [0.5, 0.6) is 0 Å². The van der Waals surface area contributed by atoms with Crippen LogP contribution in [0.15, 0.2) is 65.7 Å². The molecule has 2 nitrogen and oxygen atoms in total. The predicted molar refractivity (Wildman–Crippen MR) is 90.6 cm³/mol. The van der Waals surface area contributed by atoms with Crippen LogP contribution >= 0.6 is 11.8 Å². The van der Waals surface area contributed by atoms with Crippen LogP contribution in [0.4, 0.5) is 0 Å². The van der Waals surface area contributed by atoms with Crippen LogP contribution in [0.25, 0.3) is 10.9 Å². The van der Waals surface area contributed by atoms with Crippen molar-refractivity contribution in [2.75, 3.05) is 5.75 Å². The molecule has 2 aromatic carbocycles. The summed E-state index contributed by atoms with van der Waals surface area (Å²) in [5.41, 5.74) is 9.82. The number of hydrogen-bond acceptors (Lipinski definition) is 3. The maximum Gasteiger partial charge on any atom is 0.0702 e. The smallest absolute Gasteiger partial charge is 0.0702 e. The number of aryl methyl sites for hydroxylation is 1. The van der Waals surface area contributed by atoms with Crippen LogP contribution in [0, 0.1) is 6.92 Å². The molecule has 0 aliphatic carbocycles. The highest BCUT2D eigenvalue weighted by Gasteiger charge is 2.08. The van der Waals surface area contributed by atoms with E-state index >= 15 is 0 Å². The van der Waals surface area contributed by atoms with Gasteiger partial charge in [-0.1, -0.05) is 30.3 Å². The Hall–Kier alpha value is -1.84. The number of benzene rings is 2. The first-order valence-electron chi connectivity index (χ1n) is 7.03. The average Bonchev–Trinajstić information content (AvgIpc) is 2.53. The summed E-state index contributed by atoms with van der Waals surface area (Å²) in [6.07, 6.45) is 1.82. The van der Waals surface area contributed by atoms with Crippen LogP contribution in [-0.4, -0.2) is 10.7 Å². The predicted octanol–water partition coefficient (Wildman–Crippen LogP) is 4.34. The standard InChI is InChI=1S/C18H18N2S/c1-13-5-2-3-7-18(13)21-12-16(19)14-8-9-17-15(11-14)6-4-10-20-17/h2-11,16H,12,19H2,1H3. The van der Waals surface area contributed by atoms with Crippen molar-refractivity contribution in [1.29, 1.82) is 0 Å². The van der Waals surface area contributed by atoms with Gasteiger partial charge >= 0.3 is 0 Å². The molecule has 0 saturated heterocycles. The number of nitrogens with zero attached hydrogens (tertiary/aromatic N) is 1. The van der Waals surface area contributed by atoms with Gasteiger partial charge in [-0.2, -0.15) is 0 Å². The van der Waals surface area contributed by atoms with Crippen molar-refractivity contribution in [3.8, 4) is 0 Å². The molecule has 0 fully saturated rings. The topological polar surface area (TPSA) is 38.9 Å². The summed E-state index contributed by atoms with van der Waals surface area (Å²) in [6.45, 7) is 2.13. The molecule has 0 aliphatic rings. The lowest BCUT2D eigenvalue weighted by Crippen LogP contribution is -2.13. The molecule has 1 heterocycles. The zero-order valence-electron chi connectivity index (χ0n) is 12.0. The quantitative estimate of drug-likeness (QED) is 0.728. The Morgan fingerprint density at radius 3 is 2.81 bits per heavy atom.